The minimum absolute atomic E-state index is 0.470. The second kappa shape index (κ2) is 7.72. The third kappa shape index (κ3) is 4.27. The highest BCUT2D eigenvalue weighted by Gasteiger charge is 2.37. The normalized spacial score (nSPS) is 19.0. The first kappa shape index (κ1) is 15.4. The molecule has 0 amide bonds. The van der Waals surface area contributed by atoms with Crippen molar-refractivity contribution < 1.29 is 9.90 Å². The lowest BCUT2D eigenvalue weighted by atomic mass is 9.74. The van der Waals surface area contributed by atoms with Crippen LogP contribution in [0.1, 0.15) is 51.4 Å². The summed E-state index contributed by atoms with van der Waals surface area (Å²) in [6.45, 7) is 0. The Balaban J connectivity index is 1.92. The lowest BCUT2D eigenvalue weighted by Crippen LogP contribution is -2.32. The van der Waals surface area contributed by atoms with Gasteiger partial charge in [-0.15, -0.1) is 11.8 Å². The van der Waals surface area contributed by atoms with Crippen molar-refractivity contribution in [1.82, 2.24) is 0 Å². The van der Waals surface area contributed by atoms with Crippen molar-refractivity contribution in [2.45, 2.75) is 56.3 Å². The largest absolute Gasteiger partial charge is 0.481 e. The number of benzene rings is 1. The topological polar surface area (TPSA) is 37.3 Å². The molecule has 3 heteroatoms. The smallest absolute Gasteiger partial charge is 0.309 e. The molecule has 110 valence electrons. The molecule has 1 N–H and O–H groups in total. The number of rotatable bonds is 5. The number of carboxylic acid groups (broad SMARTS) is 1. The summed E-state index contributed by atoms with van der Waals surface area (Å²) < 4.78 is 0. The number of carbonyl (C=O) groups is 1. The van der Waals surface area contributed by atoms with Gasteiger partial charge in [-0.1, -0.05) is 50.3 Å². The van der Waals surface area contributed by atoms with Gasteiger partial charge in [-0.3, -0.25) is 4.79 Å². The van der Waals surface area contributed by atoms with E-state index in [1.807, 2.05) is 18.2 Å². The number of hydrogen-bond acceptors (Lipinski definition) is 2. The van der Waals surface area contributed by atoms with Gasteiger partial charge in [0.25, 0.3) is 0 Å². The maximum atomic E-state index is 11.8. The maximum Gasteiger partial charge on any atom is 0.309 e. The van der Waals surface area contributed by atoms with Gasteiger partial charge in [-0.05, 0) is 37.1 Å². The quantitative estimate of drug-likeness (QED) is 0.777. The Morgan fingerprint density at radius 3 is 2.25 bits per heavy atom. The van der Waals surface area contributed by atoms with Gasteiger partial charge in [0.15, 0.2) is 0 Å². The average Bonchev–Trinajstić information content (AvgIpc) is 2.42. The summed E-state index contributed by atoms with van der Waals surface area (Å²) in [6, 6.07) is 10.3. The minimum Gasteiger partial charge on any atom is -0.481 e. The molecular formula is C17H24O2S. The zero-order valence-corrected chi connectivity index (χ0v) is 12.8. The van der Waals surface area contributed by atoms with Crippen LogP contribution < -0.4 is 0 Å². The third-order valence-electron chi connectivity index (χ3n) is 4.36. The second-order valence-corrected chi connectivity index (χ2v) is 6.93. The van der Waals surface area contributed by atoms with Gasteiger partial charge < -0.3 is 5.11 Å². The Morgan fingerprint density at radius 1 is 1.05 bits per heavy atom. The molecule has 2 nitrogen and oxygen atoms in total. The summed E-state index contributed by atoms with van der Waals surface area (Å²) in [4.78, 5) is 13.0. The summed E-state index contributed by atoms with van der Waals surface area (Å²) >= 11 is 1.78. The fourth-order valence-electron chi connectivity index (χ4n) is 3.03. The van der Waals surface area contributed by atoms with Crippen LogP contribution in [0.25, 0.3) is 0 Å². The van der Waals surface area contributed by atoms with Gasteiger partial charge in [0.1, 0.15) is 0 Å². The summed E-state index contributed by atoms with van der Waals surface area (Å²) in [7, 11) is 0. The summed E-state index contributed by atoms with van der Waals surface area (Å²) in [5.41, 5.74) is -0.470. The van der Waals surface area contributed by atoms with E-state index in [9.17, 15) is 9.90 Å². The van der Waals surface area contributed by atoms with Crippen LogP contribution in [0.4, 0.5) is 0 Å². The molecular weight excluding hydrogens is 268 g/mol. The van der Waals surface area contributed by atoms with Crippen LogP contribution >= 0.6 is 11.8 Å². The van der Waals surface area contributed by atoms with Crippen LogP contribution in [-0.2, 0) is 4.79 Å². The molecule has 0 spiro atoms. The minimum atomic E-state index is -0.576. The number of hydrogen-bond donors (Lipinski definition) is 1. The highest BCUT2D eigenvalue weighted by atomic mass is 32.2. The maximum absolute atomic E-state index is 11.8. The molecule has 1 aliphatic rings. The third-order valence-corrected chi connectivity index (χ3v) is 5.37. The van der Waals surface area contributed by atoms with E-state index >= 15 is 0 Å². The van der Waals surface area contributed by atoms with E-state index in [2.05, 4.69) is 12.1 Å². The van der Waals surface area contributed by atoms with Gasteiger partial charge in [0.05, 0.1) is 5.41 Å². The SMILES string of the molecule is O=C(O)C1(CCSc2ccccc2)CCCCCCC1. The van der Waals surface area contributed by atoms with Gasteiger partial charge in [-0.2, -0.15) is 0 Å². The molecule has 1 aliphatic carbocycles. The molecule has 0 heterocycles. The predicted octanol–water partition coefficient (Wildman–Crippen LogP) is 4.98. The average molecular weight is 292 g/mol. The van der Waals surface area contributed by atoms with Crippen LogP contribution in [-0.4, -0.2) is 16.8 Å². The van der Waals surface area contributed by atoms with Crippen molar-refractivity contribution in [2.75, 3.05) is 5.75 Å². The Hall–Kier alpha value is -0.960. The van der Waals surface area contributed by atoms with Gasteiger partial charge in [-0.25, -0.2) is 0 Å². The molecule has 0 atom stereocenters. The molecule has 0 radical (unpaired) electrons. The van der Waals surface area contributed by atoms with E-state index in [0.29, 0.717) is 0 Å². The standard InChI is InChI=1S/C17H24O2S/c18-16(19)17(11-7-2-1-3-8-12-17)13-14-20-15-9-5-4-6-10-15/h4-6,9-10H,1-3,7-8,11-14H2,(H,18,19). The fourth-order valence-corrected chi connectivity index (χ4v) is 4.11. The number of carboxylic acids is 1. The molecule has 0 saturated heterocycles. The molecule has 0 aromatic heterocycles. The number of thioether (sulfide) groups is 1. The van der Waals surface area contributed by atoms with E-state index in [-0.39, 0.29) is 0 Å². The second-order valence-electron chi connectivity index (χ2n) is 5.76. The predicted molar refractivity (Wildman–Crippen MR) is 84.2 cm³/mol. The highest BCUT2D eigenvalue weighted by molar-refractivity contribution is 7.99. The van der Waals surface area contributed by atoms with Crippen LogP contribution in [0.2, 0.25) is 0 Å². The Labute approximate surface area is 126 Å². The monoisotopic (exact) mass is 292 g/mol. The first-order chi connectivity index (χ1) is 9.73. The van der Waals surface area contributed by atoms with Crippen molar-refractivity contribution in [3.63, 3.8) is 0 Å². The number of aliphatic carboxylic acids is 1. The van der Waals surface area contributed by atoms with Gasteiger partial charge in [0.2, 0.25) is 0 Å². The van der Waals surface area contributed by atoms with Gasteiger partial charge in [0, 0.05) is 4.90 Å². The van der Waals surface area contributed by atoms with Crippen molar-refractivity contribution in [3.05, 3.63) is 30.3 Å². The molecule has 0 bridgehead atoms. The van der Waals surface area contributed by atoms with Crippen molar-refractivity contribution in [2.24, 2.45) is 5.41 Å². The molecule has 1 aromatic rings. The highest BCUT2D eigenvalue weighted by Crippen LogP contribution is 2.39. The summed E-state index contributed by atoms with van der Waals surface area (Å²) in [5, 5.41) is 9.69. The molecule has 0 unspecified atom stereocenters. The van der Waals surface area contributed by atoms with Gasteiger partial charge >= 0.3 is 5.97 Å². The summed E-state index contributed by atoms with van der Waals surface area (Å²) in [6.07, 6.45) is 8.32. The van der Waals surface area contributed by atoms with E-state index < -0.39 is 11.4 Å². The van der Waals surface area contributed by atoms with E-state index in [1.54, 1.807) is 11.8 Å². The molecule has 1 saturated carbocycles. The Bertz CT molecular complexity index is 408. The van der Waals surface area contributed by atoms with Crippen LogP contribution in [0.5, 0.6) is 0 Å². The van der Waals surface area contributed by atoms with Crippen molar-refractivity contribution >= 4 is 17.7 Å². The van der Waals surface area contributed by atoms with Crippen LogP contribution in [0, 0.1) is 5.41 Å². The Kier molecular flexibility index (Phi) is 5.96. The van der Waals surface area contributed by atoms with Crippen LogP contribution in [0.15, 0.2) is 35.2 Å². The lowest BCUT2D eigenvalue weighted by molar-refractivity contribution is -0.150. The van der Waals surface area contributed by atoms with E-state index in [1.165, 1.54) is 24.2 Å². The lowest BCUT2D eigenvalue weighted by Gasteiger charge is -2.31. The van der Waals surface area contributed by atoms with Crippen molar-refractivity contribution in [3.8, 4) is 0 Å². The zero-order chi connectivity index (χ0) is 14.3. The zero-order valence-electron chi connectivity index (χ0n) is 12.0. The van der Waals surface area contributed by atoms with E-state index in [0.717, 1.165) is 37.9 Å². The van der Waals surface area contributed by atoms with Crippen LogP contribution in [0.3, 0.4) is 0 Å². The Morgan fingerprint density at radius 2 is 1.65 bits per heavy atom. The fraction of sp³-hybridized carbons (Fsp3) is 0.588. The molecule has 0 aliphatic heterocycles. The summed E-state index contributed by atoms with van der Waals surface area (Å²) in [5.74, 6) is 0.323. The first-order valence-corrected chi connectivity index (χ1v) is 8.63. The van der Waals surface area contributed by atoms with Crippen molar-refractivity contribution in [1.29, 1.82) is 0 Å². The molecule has 1 aromatic carbocycles. The molecule has 2 rings (SSSR count). The molecule has 1 fully saturated rings. The van der Waals surface area contributed by atoms with E-state index in [4.69, 9.17) is 0 Å². The first-order valence-electron chi connectivity index (χ1n) is 7.64. The molecule has 20 heavy (non-hydrogen) atoms.